The number of piperidine rings is 1. The maximum atomic E-state index is 11.7. The number of guanidine groups is 1. The molecule has 1 atom stereocenters. The fourth-order valence-electron chi connectivity index (χ4n) is 4.60. The van der Waals surface area contributed by atoms with E-state index in [4.69, 9.17) is 10.7 Å². The van der Waals surface area contributed by atoms with Crippen LogP contribution in [0.4, 0.5) is 5.82 Å². The van der Waals surface area contributed by atoms with E-state index in [1.807, 2.05) is 12.3 Å². The first-order valence-corrected chi connectivity index (χ1v) is 11.9. The molecule has 0 spiro atoms. The molecule has 1 aromatic carbocycles. The summed E-state index contributed by atoms with van der Waals surface area (Å²) in [6.45, 7) is 6.73. The molecule has 1 fully saturated rings. The number of nitrogens with one attached hydrogen (secondary N) is 1. The van der Waals surface area contributed by atoms with Crippen molar-refractivity contribution < 1.29 is 4.79 Å². The molecule has 182 valence electrons. The van der Waals surface area contributed by atoms with Gasteiger partial charge in [-0.05, 0) is 43.4 Å². The summed E-state index contributed by atoms with van der Waals surface area (Å²) in [6, 6.07) is 14.6. The van der Waals surface area contributed by atoms with Gasteiger partial charge in [0.2, 0.25) is 5.91 Å². The Morgan fingerprint density at radius 3 is 2.74 bits per heavy atom. The highest BCUT2D eigenvalue weighted by molar-refractivity contribution is 14.0. The molecule has 3 heterocycles. The third-order valence-corrected chi connectivity index (χ3v) is 6.38. The Morgan fingerprint density at radius 2 is 2.03 bits per heavy atom. The summed E-state index contributed by atoms with van der Waals surface area (Å²) < 4.78 is 0. The van der Waals surface area contributed by atoms with Crippen LogP contribution >= 0.6 is 24.0 Å². The Morgan fingerprint density at radius 1 is 1.21 bits per heavy atom. The number of halogens is 1. The monoisotopic (exact) mass is 574 g/mol. The van der Waals surface area contributed by atoms with Gasteiger partial charge in [-0.3, -0.25) is 4.79 Å². The van der Waals surface area contributed by atoms with E-state index in [1.54, 1.807) is 0 Å². The minimum absolute atomic E-state index is 0. The fraction of sp³-hybridized carbons (Fsp3) is 0.423. The molecule has 0 radical (unpaired) electrons. The highest BCUT2D eigenvalue weighted by Gasteiger charge is 2.26. The summed E-state index contributed by atoms with van der Waals surface area (Å²) in [4.78, 5) is 25.8. The SMILES string of the molecule is CCNC(=NCc1cccnc1N1CCCC(C(N)=O)C1)N1CC=C(c2ccccc2)CC1.I. The van der Waals surface area contributed by atoms with Crippen LogP contribution in [0.25, 0.3) is 5.57 Å². The predicted octanol–water partition coefficient (Wildman–Crippen LogP) is 3.66. The largest absolute Gasteiger partial charge is 0.369 e. The molecule has 7 nitrogen and oxygen atoms in total. The van der Waals surface area contributed by atoms with Crippen molar-refractivity contribution >= 4 is 47.2 Å². The van der Waals surface area contributed by atoms with Gasteiger partial charge in [-0.2, -0.15) is 0 Å². The van der Waals surface area contributed by atoms with E-state index >= 15 is 0 Å². The van der Waals surface area contributed by atoms with Crippen LogP contribution in [0.5, 0.6) is 0 Å². The van der Waals surface area contributed by atoms with Crippen molar-refractivity contribution in [3.63, 3.8) is 0 Å². The second-order valence-corrected chi connectivity index (χ2v) is 8.64. The van der Waals surface area contributed by atoms with Gasteiger partial charge in [0.05, 0.1) is 12.5 Å². The van der Waals surface area contributed by atoms with Crippen LogP contribution in [0.1, 0.15) is 37.3 Å². The second kappa shape index (κ2) is 12.7. The molecule has 3 N–H and O–H groups in total. The summed E-state index contributed by atoms with van der Waals surface area (Å²) in [5.74, 6) is 1.49. The number of hydrogen-bond donors (Lipinski definition) is 2. The van der Waals surface area contributed by atoms with Crippen molar-refractivity contribution in [2.45, 2.75) is 32.7 Å². The summed E-state index contributed by atoms with van der Waals surface area (Å²) in [5, 5.41) is 3.45. The Labute approximate surface area is 219 Å². The smallest absolute Gasteiger partial charge is 0.222 e. The van der Waals surface area contributed by atoms with E-state index in [-0.39, 0.29) is 35.8 Å². The van der Waals surface area contributed by atoms with Crippen LogP contribution in [0.15, 0.2) is 59.7 Å². The molecular formula is C26H35IN6O. The standard InChI is InChI=1S/C26H34N6O.HI/c1-2-28-26(31-16-12-21(13-17-31)20-8-4-3-5-9-20)30-18-22-10-6-14-29-25(22)32-15-7-11-23(19-32)24(27)33;/h3-6,8-10,12,14,23H,2,7,11,13,15-19H2,1H3,(H2,27,33)(H,28,30);1H. The molecule has 2 aliphatic rings. The minimum atomic E-state index is -0.224. The number of nitrogens with two attached hydrogens (primary N) is 1. The Balaban J connectivity index is 0.00000324. The lowest BCUT2D eigenvalue weighted by Crippen LogP contribution is -2.43. The molecule has 1 unspecified atom stereocenters. The number of rotatable bonds is 6. The zero-order chi connectivity index (χ0) is 23.0. The van der Waals surface area contributed by atoms with E-state index < -0.39 is 0 Å². The van der Waals surface area contributed by atoms with Gasteiger partial charge in [0.15, 0.2) is 5.96 Å². The lowest BCUT2D eigenvalue weighted by molar-refractivity contribution is -0.122. The summed E-state index contributed by atoms with van der Waals surface area (Å²) in [5.41, 5.74) is 9.34. The van der Waals surface area contributed by atoms with Gasteiger partial charge in [-0.1, -0.05) is 42.5 Å². The normalized spacial score (nSPS) is 18.7. The number of aliphatic imine (C=N–C) groups is 1. The van der Waals surface area contributed by atoms with Crippen molar-refractivity contribution in [2.75, 3.05) is 37.6 Å². The molecule has 2 aliphatic heterocycles. The number of anilines is 1. The second-order valence-electron chi connectivity index (χ2n) is 8.64. The van der Waals surface area contributed by atoms with E-state index in [2.05, 4.69) is 69.5 Å². The molecule has 1 aromatic heterocycles. The molecule has 1 saturated heterocycles. The Bertz CT molecular complexity index is 1010. The van der Waals surface area contributed by atoms with Crippen molar-refractivity contribution in [2.24, 2.45) is 16.6 Å². The van der Waals surface area contributed by atoms with E-state index in [1.165, 1.54) is 11.1 Å². The third kappa shape index (κ3) is 6.49. The number of pyridine rings is 1. The van der Waals surface area contributed by atoms with E-state index in [0.717, 1.165) is 62.8 Å². The van der Waals surface area contributed by atoms with Crippen LogP contribution in [-0.4, -0.2) is 54.5 Å². The minimum Gasteiger partial charge on any atom is -0.369 e. The van der Waals surface area contributed by atoms with Crippen LogP contribution < -0.4 is 16.0 Å². The van der Waals surface area contributed by atoms with Gasteiger partial charge in [0.25, 0.3) is 0 Å². The van der Waals surface area contributed by atoms with Gasteiger partial charge >= 0.3 is 0 Å². The number of aromatic nitrogens is 1. The number of hydrogen-bond acceptors (Lipinski definition) is 4. The lowest BCUT2D eigenvalue weighted by atomic mass is 9.97. The van der Waals surface area contributed by atoms with Crippen LogP contribution in [0.2, 0.25) is 0 Å². The van der Waals surface area contributed by atoms with Crippen LogP contribution in [0, 0.1) is 5.92 Å². The molecule has 34 heavy (non-hydrogen) atoms. The topological polar surface area (TPSA) is 86.9 Å². The number of primary amides is 1. The highest BCUT2D eigenvalue weighted by Crippen LogP contribution is 2.25. The predicted molar refractivity (Wildman–Crippen MR) is 149 cm³/mol. The first kappa shape index (κ1) is 26.0. The molecule has 8 heteroatoms. The van der Waals surface area contributed by atoms with E-state index in [9.17, 15) is 4.79 Å². The highest BCUT2D eigenvalue weighted by atomic mass is 127. The molecule has 0 bridgehead atoms. The molecule has 0 saturated carbocycles. The fourth-order valence-corrected chi connectivity index (χ4v) is 4.60. The Kier molecular flexibility index (Phi) is 9.74. The lowest BCUT2D eigenvalue weighted by Gasteiger charge is -2.33. The summed E-state index contributed by atoms with van der Waals surface area (Å²) in [7, 11) is 0. The maximum absolute atomic E-state index is 11.7. The van der Waals surface area contributed by atoms with Crippen molar-refractivity contribution in [1.29, 1.82) is 0 Å². The van der Waals surface area contributed by atoms with Gasteiger partial charge in [0, 0.05) is 44.5 Å². The quantitative estimate of drug-likeness (QED) is 0.313. The average molecular weight is 575 g/mol. The summed E-state index contributed by atoms with van der Waals surface area (Å²) in [6.07, 6.45) is 6.90. The van der Waals surface area contributed by atoms with Gasteiger partial charge in [-0.15, -0.1) is 24.0 Å². The first-order chi connectivity index (χ1) is 16.2. The molecular weight excluding hydrogens is 539 g/mol. The molecule has 4 rings (SSSR count). The Hall–Kier alpha value is -2.62. The number of benzene rings is 1. The van der Waals surface area contributed by atoms with Crippen molar-refractivity contribution in [1.82, 2.24) is 15.2 Å². The molecule has 1 amide bonds. The van der Waals surface area contributed by atoms with Gasteiger partial charge in [-0.25, -0.2) is 9.98 Å². The maximum Gasteiger partial charge on any atom is 0.222 e. The van der Waals surface area contributed by atoms with E-state index in [0.29, 0.717) is 13.1 Å². The number of carbonyl (C=O) groups excluding carboxylic acids is 1. The summed E-state index contributed by atoms with van der Waals surface area (Å²) >= 11 is 0. The number of nitrogens with zero attached hydrogens (tertiary/aromatic N) is 4. The number of carbonyl (C=O) groups is 1. The third-order valence-electron chi connectivity index (χ3n) is 6.38. The van der Waals surface area contributed by atoms with Gasteiger partial charge in [0.1, 0.15) is 5.82 Å². The van der Waals surface area contributed by atoms with Crippen LogP contribution in [0.3, 0.4) is 0 Å². The molecule has 2 aromatic rings. The zero-order valence-electron chi connectivity index (χ0n) is 19.8. The van der Waals surface area contributed by atoms with Crippen molar-refractivity contribution in [3.05, 3.63) is 65.9 Å². The van der Waals surface area contributed by atoms with Crippen molar-refractivity contribution in [3.8, 4) is 0 Å². The van der Waals surface area contributed by atoms with Gasteiger partial charge < -0.3 is 20.9 Å². The zero-order valence-corrected chi connectivity index (χ0v) is 22.2. The number of amides is 1. The first-order valence-electron chi connectivity index (χ1n) is 11.9. The van der Waals surface area contributed by atoms with Crippen LogP contribution in [-0.2, 0) is 11.3 Å². The average Bonchev–Trinajstić information content (AvgIpc) is 2.87. The molecule has 0 aliphatic carbocycles.